The molecule has 3 aliphatic heterocycles. The van der Waals surface area contributed by atoms with Crippen LogP contribution < -0.4 is 0 Å². The highest BCUT2D eigenvalue weighted by Crippen LogP contribution is 2.40. The van der Waals surface area contributed by atoms with E-state index in [9.17, 15) is 15.3 Å². The van der Waals surface area contributed by atoms with Crippen LogP contribution in [0.4, 0.5) is 0 Å². The first-order chi connectivity index (χ1) is 25.3. The van der Waals surface area contributed by atoms with Gasteiger partial charge >= 0.3 is 0 Å². The van der Waals surface area contributed by atoms with Crippen LogP contribution in [0.5, 0.6) is 0 Å². The summed E-state index contributed by atoms with van der Waals surface area (Å²) < 4.78 is 31.4. The molecule has 0 aromatic carbocycles. The van der Waals surface area contributed by atoms with Crippen molar-refractivity contribution < 1.29 is 39.0 Å². The van der Waals surface area contributed by atoms with Crippen LogP contribution in [0.15, 0.2) is 36.0 Å². The van der Waals surface area contributed by atoms with Crippen LogP contribution in [0, 0.1) is 29.6 Å². The van der Waals surface area contributed by atoms with Crippen molar-refractivity contribution in [1.29, 1.82) is 0 Å². The molecule has 4 rings (SSSR count). The molecule has 9 heteroatoms. The Kier molecular flexibility index (Phi) is 18.0. The zero-order valence-electron chi connectivity index (χ0n) is 34.6. The quantitative estimate of drug-likeness (QED) is 0.233. The Morgan fingerprint density at radius 1 is 0.925 bits per heavy atom. The number of methoxy groups -OCH3 is 3. The van der Waals surface area contributed by atoms with Crippen molar-refractivity contribution in [2.75, 3.05) is 41.0 Å². The predicted octanol–water partition coefficient (Wildman–Crippen LogP) is 7.23. The maximum Gasteiger partial charge on any atom is 0.169 e. The van der Waals surface area contributed by atoms with Crippen LogP contribution in [0.2, 0.25) is 0 Å². The summed E-state index contributed by atoms with van der Waals surface area (Å²) in [6, 6.07) is 0.211. The molecule has 0 spiro atoms. The lowest BCUT2D eigenvalue weighted by atomic mass is 9.82. The van der Waals surface area contributed by atoms with E-state index in [1.54, 1.807) is 21.3 Å². The van der Waals surface area contributed by atoms with Gasteiger partial charge in [0.1, 0.15) is 6.10 Å². The molecule has 2 bridgehead atoms. The number of rotatable bonds is 7. The van der Waals surface area contributed by atoms with Crippen molar-refractivity contribution in [2.45, 2.75) is 173 Å². The Morgan fingerprint density at radius 2 is 1.62 bits per heavy atom. The Bertz CT molecular complexity index is 1160. The number of hydrogen-bond donors (Lipinski definition) is 3. The Labute approximate surface area is 322 Å². The average Bonchev–Trinajstić information content (AvgIpc) is 3.13. The summed E-state index contributed by atoms with van der Waals surface area (Å²) in [5.41, 5.74) is 2.47. The molecule has 0 aromatic heterocycles. The maximum absolute atomic E-state index is 12.2. The molecule has 3 N–H and O–H groups in total. The van der Waals surface area contributed by atoms with Crippen molar-refractivity contribution in [2.24, 2.45) is 29.6 Å². The average molecular weight is 748 g/mol. The summed E-state index contributed by atoms with van der Waals surface area (Å²) in [5, 5.41) is 34.4. The van der Waals surface area contributed by atoms with Crippen LogP contribution in [-0.2, 0) is 23.7 Å². The van der Waals surface area contributed by atoms with Crippen LogP contribution >= 0.6 is 0 Å². The highest BCUT2D eigenvalue weighted by molar-refractivity contribution is 5.11. The molecule has 1 aliphatic carbocycles. The molecule has 306 valence electrons. The van der Waals surface area contributed by atoms with Gasteiger partial charge < -0.3 is 39.0 Å². The molecule has 1 saturated carbocycles. The largest absolute Gasteiger partial charge is 0.393 e. The third-order valence-electron chi connectivity index (χ3n) is 13.3. The van der Waals surface area contributed by atoms with Gasteiger partial charge in [-0.1, -0.05) is 51.0 Å². The van der Waals surface area contributed by atoms with E-state index in [-0.39, 0.29) is 60.2 Å². The third kappa shape index (κ3) is 12.4. The van der Waals surface area contributed by atoms with Crippen LogP contribution in [0.25, 0.3) is 0 Å². The molecule has 0 radical (unpaired) electrons. The lowest BCUT2D eigenvalue weighted by molar-refractivity contribution is -0.324. The van der Waals surface area contributed by atoms with E-state index >= 15 is 0 Å². The van der Waals surface area contributed by atoms with Gasteiger partial charge in [-0.3, -0.25) is 4.90 Å². The predicted molar refractivity (Wildman–Crippen MR) is 212 cm³/mol. The zero-order valence-corrected chi connectivity index (χ0v) is 34.6. The second-order valence-electron chi connectivity index (χ2n) is 17.5. The summed E-state index contributed by atoms with van der Waals surface area (Å²) >= 11 is 0. The van der Waals surface area contributed by atoms with Crippen molar-refractivity contribution in [3.63, 3.8) is 0 Å². The Balaban J connectivity index is 1.64. The number of hydrogen-bond acceptors (Lipinski definition) is 9. The maximum atomic E-state index is 12.2. The van der Waals surface area contributed by atoms with Crippen molar-refractivity contribution >= 4 is 0 Å². The summed E-state index contributed by atoms with van der Waals surface area (Å²) in [7, 11) is 5.17. The van der Waals surface area contributed by atoms with E-state index in [1.165, 1.54) is 5.57 Å². The fourth-order valence-corrected chi connectivity index (χ4v) is 9.92. The SMILES string of the molecule is C=CC[C@@H]1/C=C(\C)C[C@H](C)C[C@H](OC)[C@H]2O[C@](O)(CCN3CCCC[C@H]3CO[C@H](/C(C)=C/[C@@H]3CC[C@@H](O)[C@H](OC)C3)[C@H](C)[C@@H](O)CC1)[C@H](C)C[C@@H]2OC. The molecule has 3 fully saturated rings. The molecule has 0 amide bonds. The highest BCUT2D eigenvalue weighted by atomic mass is 16.7. The first-order valence-electron chi connectivity index (χ1n) is 21.0. The van der Waals surface area contributed by atoms with Crippen LogP contribution in [0.3, 0.4) is 0 Å². The number of piperidine rings is 1. The molecule has 53 heavy (non-hydrogen) atoms. The number of allylic oxidation sites excluding steroid dienone is 4. The van der Waals surface area contributed by atoms with Crippen molar-refractivity contribution in [3.05, 3.63) is 36.0 Å². The van der Waals surface area contributed by atoms with E-state index in [1.807, 2.05) is 6.08 Å². The fourth-order valence-electron chi connectivity index (χ4n) is 9.92. The van der Waals surface area contributed by atoms with Gasteiger partial charge in [0, 0.05) is 52.2 Å². The lowest BCUT2D eigenvalue weighted by Crippen LogP contribution is -2.58. The van der Waals surface area contributed by atoms with E-state index in [2.05, 4.69) is 58.2 Å². The molecule has 2 saturated heterocycles. The molecular weight excluding hydrogens is 670 g/mol. The van der Waals surface area contributed by atoms with Crippen molar-refractivity contribution in [3.8, 4) is 0 Å². The highest BCUT2D eigenvalue weighted by Gasteiger charge is 2.49. The van der Waals surface area contributed by atoms with E-state index < -0.39 is 18.0 Å². The van der Waals surface area contributed by atoms with Gasteiger partial charge in [0.05, 0.1) is 43.2 Å². The van der Waals surface area contributed by atoms with Crippen LogP contribution in [-0.4, -0.2) is 116 Å². The molecule has 0 aromatic rings. The molecule has 4 aliphatic rings. The second-order valence-corrected chi connectivity index (χ2v) is 17.5. The van der Waals surface area contributed by atoms with Gasteiger partial charge in [-0.25, -0.2) is 0 Å². The van der Waals surface area contributed by atoms with E-state index in [0.717, 1.165) is 76.3 Å². The summed E-state index contributed by atoms with van der Waals surface area (Å²) in [5.74, 6) is -0.572. The van der Waals surface area contributed by atoms with E-state index in [4.69, 9.17) is 23.7 Å². The van der Waals surface area contributed by atoms with Gasteiger partial charge in [0.2, 0.25) is 0 Å². The minimum atomic E-state index is -1.29. The smallest absolute Gasteiger partial charge is 0.169 e. The third-order valence-corrected chi connectivity index (χ3v) is 13.3. The summed E-state index contributed by atoms with van der Waals surface area (Å²) in [6.07, 6.45) is 15.7. The van der Waals surface area contributed by atoms with E-state index in [0.29, 0.717) is 38.3 Å². The molecule has 9 nitrogen and oxygen atoms in total. The molecule has 3 heterocycles. The fraction of sp³-hybridized carbons (Fsp3) is 0.864. The Hall–Kier alpha value is -1.14. The number of aliphatic hydroxyl groups excluding tert-OH is 2. The number of aliphatic hydroxyl groups is 3. The number of fused-ring (bicyclic) bond motifs is 3. The van der Waals surface area contributed by atoms with Gasteiger partial charge in [0.25, 0.3) is 0 Å². The van der Waals surface area contributed by atoms with Gasteiger partial charge in [0.15, 0.2) is 5.79 Å². The normalized spacial score (nSPS) is 43.5. The monoisotopic (exact) mass is 748 g/mol. The standard InChI is InChI=1S/C44H77NO8/c1-10-13-34-15-17-37(46)33(6)42(31(4)25-35-16-18-38(47)39(27-35)49-7)52-28-36-14-11-12-20-45(36)21-19-44(48)32(5)26-41(51-9)43(53-44)40(50-8)24-30(3)22-29(2)23-34/h10,23,25,30,32-43,46-48H,1,11-22,24,26-28H2,2-9H3/b29-23+,31-25+/t30-,32+,33+,34-,35-,36-,37-,38+,39+,40-,41-,42+,43+,44+/m0/s1. The summed E-state index contributed by atoms with van der Waals surface area (Å²) in [6.45, 7) is 17.1. The lowest BCUT2D eigenvalue weighted by Gasteiger charge is -2.48. The number of nitrogens with zero attached hydrogens (tertiary/aromatic N) is 1. The van der Waals surface area contributed by atoms with Gasteiger partial charge in [-0.2, -0.15) is 0 Å². The minimum Gasteiger partial charge on any atom is -0.393 e. The van der Waals surface area contributed by atoms with Crippen LogP contribution in [0.1, 0.15) is 118 Å². The first-order valence-corrected chi connectivity index (χ1v) is 21.0. The Morgan fingerprint density at radius 3 is 2.32 bits per heavy atom. The van der Waals surface area contributed by atoms with Crippen molar-refractivity contribution in [1.82, 2.24) is 4.90 Å². The molecule has 0 unspecified atom stereocenters. The second kappa shape index (κ2) is 21.4. The first kappa shape index (κ1) is 44.6. The topological polar surface area (TPSA) is 110 Å². The molecular formula is C44H77NO8. The van der Waals surface area contributed by atoms with Gasteiger partial charge in [-0.05, 0) is 114 Å². The summed E-state index contributed by atoms with van der Waals surface area (Å²) in [4.78, 5) is 2.49. The van der Waals surface area contributed by atoms with Gasteiger partial charge in [-0.15, -0.1) is 6.58 Å². The molecule has 14 atom stereocenters. The minimum absolute atomic E-state index is 0.0928. The zero-order chi connectivity index (χ0) is 38.7. The number of ether oxygens (including phenoxy) is 5.